The first-order chi connectivity index (χ1) is 8.21. The maximum Gasteiger partial charge on any atom is 0.107 e. The van der Waals surface area contributed by atoms with Crippen molar-refractivity contribution in [2.24, 2.45) is 5.41 Å². The summed E-state index contributed by atoms with van der Waals surface area (Å²) in [6, 6.07) is 4.68. The van der Waals surface area contributed by atoms with Crippen molar-refractivity contribution in [2.75, 3.05) is 13.2 Å². The van der Waals surface area contributed by atoms with Crippen molar-refractivity contribution < 1.29 is 4.74 Å². The number of hydrogen-bond acceptors (Lipinski definition) is 3. The van der Waals surface area contributed by atoms with E-state index in [4.69, 9.17) is 4.74 Å². The molecule has 1 saturated heterocycles. The molecule has 1 N–H and O–H groups in total. The van der Waals surface area contributed by atoms with Gasteiger partial charge in [-0.2, -0.15) is 0 Å². The second kappa shape index (κ2) is 5.51. The smallest absolute Gasteiger partial charge is 0.107 e. The molecule has 17 heavy (non-hydrogen) atoms. The van der Waals surface area contributed by atoms with Crippen LogP contribution in [0, 0.1) is 5.41 Å². The Labute approximate surface area is 108 Å². The first-order valence-electron chi connectivity index (χ1n) is 6.59. The molecule has 0 saturated carbocycles. The molecule has 0 aliphatic carbocycles. The number of ether oxygens (including phenoxy) is 1. The van der Waals surface area contributed by atoms with Gasteiger partial charge in [0.2, 0.25) is 0 Å². The van der Waals surface area contributed by atoms with E-state index in [0.717, 1.165) is 13.2 Å². The molecule has 1 aromatic heterocycles. The largest absolute Gasteiger partial charge is 0.370 e. The summed E-state index contributed by atoms with van der Waals surface area (Å²) < 4.78 is 6.21. The van der Waals surface area contributed by atoms with Crippen LogP contribution in [0.4, 0.5) is 0 Å². The van der Waals surface area contributed by atoms with Crippen LogP contribution in [0.1, 0.15) is 44.6 Å². The number of hydrogen-bond donors (Lipinski definition) is 1. The SMILES string of the molecule is CCC1(CC)CNC(C)C(c2cccs2)OC1. The minimum Gasteiger partial charge on any atom is -0.370 e. The Balaban J connectivity index is 2.12. The normalized spacial score (nSPS) is 28.9. The van der Waals surface area contributed by atoms with Crippen molar-refractivity contribution in [2.45, 2.75) is 45.8 Å². The van der Waals surface area contributed by atoms with Gasteiger partial charge in [-0.1, -0.05) is 19.9 Å². The van der Waals surface area contributed by atoms with Gasteiger partial charge in [-0.05, 0) is 31.2 Å². The summed E-state index contributed by atoms with van der Waals surface area (Å²) in [5.41, 5.74) is 0.320. The monoisotopic (exact) mass is 253 g/mol. The summed E-state index contributed by atoms with van der Waals surface area (Å²) in [5, 5.41) is 5.79. The van der Waals surface area contributed by atoms with Gasteiger partial charge >= 0.3 is 0 Å². The molecule has 2 rings (SSSR count). The van der Waals surface area contributed by atoms with Gasteiger partial charge in [-0.25, -0.2) is 0 Å². The van der Waals surface area contributed by atoms with Crippen LogP contribution in [0.15, 0.2) is 17.5 Å². The van der Waals surface area contributed by atoms with Crippen LogP contribution in [0.3, 0.4) is 0 Å². The molecular formula is C14H23NOS. The first-order valence-corrected chi connectivity index (χ1v) is 7.47. The van der Waals surface area contributed by atoms with Gasteiger partial charge in [-0.15, -0.1) is 11.3 Å². The third-order valence-electron chi connectivity index (χ3n) is 4.15. The van der Waals surface area contributed by atoms with Crippen LogP contribution in [-0.4, -0.2) is 19.2 Å². The average molecular weight is 253 g/mol. The highest BCUT2D eigenvalue weighted by Gasteiger charge is 2.34. The Hall–Kier alpha value is -0.380. The Kier molecular flexibility index (Phi) is 4.23. The minimum atomic E-state index is 0.218. The molecule has 0 aromatic carbocycles. The van der Waals surface area contributed by atoms with Crippen LogP contribution in [0.2, 0.25) is 0 Å². The zero-order valence-corrected chi connectivity index (χ0v) is 11.8. The van der Waals surface area contributed by atoms with E-state index in [1.807, 2.05) is 0 Å². The molecule has 0 amide bonds. The Morgan fingerprint density at radius 3 is 2.82 bits per heavy atom. The summed E-state index contributed by atoms with van der Waals surface area (Å²) >= 11 is 1.79. The van der Waals surface area contributed by atoms with E-state index in [-0.39, 0.29) is 6.10 Å². The molecule has 0 spiro atoms. The van der Waals surface area contributed by atoms with E-state index in [1.54, 1.807) is 11.3 Å². The van der Waals surface area contributed by atoms with E-state index in [1.165, 1.54) is 17.7 Å². The summed E-state index contributed by atoms with van der Waals surface area (Å²) in [4.78, 5) is 1.34. The summed E-state index contributed by atoms with van der Waals surface area (Å²) in [5.74, 6) is 0. The van der Waals surface area contributed by atoms with Crippen LogP contribution in [0.5, 0.6) is 0 Å². The highest BCUT2D eigenvalue weighted by atomic mass is 32.1. The standard InChI is InChI=1S/C14H23NOS/c1-4-14(5-2)9-15-11(3)13(16-10-14)12-7-6-8-17-12/h6-8,11,13,15H,4-5,9-10H2,1-3H3. The van der Waals surface area contributed by atoms with Crippen molar-refractivity contribution in [3.8, 4) is 0 Å². The number of rotatable bonds is 3. The van der Waals surface area contributed by atoms with Crippen LogP contribution < -0.4 is 5.32 Å². The van der Waals surface area contributed by atoms with Crippen molar-refractivity contribution in [3.05, 3.63) is 22.4 Å². The zero-order chi connectivity index (χ0) is 12.3. The fourth-order valence-corrected chi connectivity index (χ4v) is 3.31. The second-order valence-corrected chi connectivity index (χ2v) is 6.10. The van der Waals surface area contributed by atoms with Gasteiger partial charge in [0.15, 0.2) is 0 Å². The van der Waals surface area contributed by atoms with Crippen LogP contribution in [-0.2, 0) is 4.74 Å². The molecule has 0 bridgehead atoms. The third-order valence-corrected chi connectivity index (χ3v) is 5.08. The van der Waals surface area contributed by atoms with Gasteiger partial charge < -0.3 is 10.1 Å². The molecule has 0 radical (unpaired) electrons. The van der Waals surface area contributed by atoms with Crippen molar-refractivity contribution in [1.29, 1.82) is 0 Å². The quantitative estimate of drug-likeness (QED) is 0.888. The van der Waals surface area contributed by atoms with Crippen molar-refractivity contribution in [1.82, 2.24) is 5.32 Å². The molecule has 3 heteroatoms. The second-order valence-electron chi connectivity index (χ2n) is 5.12. The molecule has 1 aliphatic heterocycles. The zero-order valence-electron chi connectivity index (χ0n) is 11.0. The van der Waals surface area contributed by atoms with Crippen LogP contribution >= 0.6 is 11.3 Å². The first kappa shape index (κ1) is 13.1. The molecule has 2 nitrogen and oxygen atoms in total. The Morgan fingerprint density at radius 2 is 2.24 bits per heavy atom. The summed E-state index contributed by atoms with van der Waals surface area (Å²) in [6.07, 6.45) is 2.58. The van der Waals surface area contributed by atoms with Gasteiger partial charge in [-0.3, -0.25) is 0 Å². The predicted molar refractivity (Wildman–Crippen MR) is 73.5 cm³/mol. The van der Waals surface area contributed by atoms with Crippen molar-refractivity contribution >= 4 is 11.3 Å². The van der Waals surface area contributed by atoms with E-state index >= 15 is 0 Å². The maximum absolute atomic E-state index is 6.21. The molecule has 2 heterocycles. The highest BCUT2D eigenvalue weighted by molar-refractivity contribution is 7.10. The van der Waals surface area contributed by atoms with E-state index < -0.39 is 0 Å². The fourth-order valence-electron chi connectivity index (χ4n) is 2.43. The van der Waals surface area contributed by atoms with Gasteiger partial charge in [0.25, 0.3) is 0 Å². The molecule has 2 unspecified atom stereocenters. The fraction of sp³-hybridized carbons (Fsp3) is 0.714. The van der Waals surface area contributed by atoms with Crippen molar-refractivity contribution in [3.63, 3.8) is 0 Å². The lowest BCUT2D eigenvalue weighted by molar-refractivity contribution is 0.00123. The lowest BCUT2D eigenvalue weighted by Crippen LogP contribution is -2.37. The highest BCUT2D eigenvalue weighted by Crippen LogP contribution is 2.34. The lowest BCUT2D eigenvalue weighted by Gasteiger charge is -2.29. The Bertz CT molecular complexity index is 332. The molecule has 1 aromatic rings. The van der Waals surface area contributed by atoms with E-state index in [0.29, 0.717) is 11.5 Å². The predicted octanol–water partition coefficient (Wildman–Crippen LogP) is 3.60. The van der Waals surface area contributed by atoms with Crippen LogP contribution in [0.25, 0.3) is 0 Å². The average Bonchev–Trinajstić information content (AvgIpc) is 2.82. The minimum absolute atomic E-state index is 0.218. The topological polar surface area (TPSA) is 21.3 Å². The molecular weight excluding hydrogens is 230 g/mol. The molecule has 2 atom stereocenters. The molecule has 96 valence electrons. The van der Waals surface area contributed by atoms with E-state index in [9.17, 15) is 0 Å². The van der Waals surface area contributed by atoms with E-state index in [2.05, 4.69) is 43.6 Å². The molecule has 1 fully saturated rings. The summed E-state index contributed by atoms with van der Waals surface area (Å²) in [7, 11) is 0. The number of thiophene rings is 1. The molecule has 1 aliphatic rings. The van der Waals surface area contributed by atoms with Gasteiger partial charge in [0.1, 0.15) is 6.10 Å². The van der Waals surface area contributed by atoms with Gasteiger partial charge in [0.05, 0.1) is 6.61 Å². The lowest BCUT2D eigenvalue weighted by atomic mass is 9.83. The third kappa shape index (κ3) is 2.72. The number of nitrogens with one attached hydrogen (secondary N) is 1. The summed E-state index contributed by atoms with van der Waals surface area (Å²) in [6.45, 7) is 8.71. The maximum atomic E-state index is 6.21. The Morgan fingerprint density at radius 1 is 1.47 bits per heavy atom. The van der Waals surface area contributed by atoms with Gasteiger partial charge in [0, 0.05) is 22.9 Å².